The van der Waals surface area contributed by atoms with Crippen molar-refractivity contribution >= 4 is 17.5 Å². The minimum Gasteiger partial charge on any atom is -0.489 e. The normalized spacial score (nSPS) is 19.1. The lowest BCUT2D eigenvalue weighted by Crippen LogP contribution is -2.33. The van der Waals surface area contributed by atoms with Crippen molar-refractivity contribution in [1.29, 1.82) is 0 Å². The summed E-state index contributed by atoms with van der Waals surface area (Å²) in [5.41, 5.74) is 0.463. The van der Waals surface area contributed by atoms with Gasteiger partial charge in [0.25, 0.3) is 5.91 Å². The van der Waals surface area contributed by atoms with E-state index in [-0.39, 0.29) is 18.7 Å². The lowest BCUT2D eigenvalue weighted by molar-refractivity contribution is 0.0882. The van der Waals surface area contributed by atoms with E-state index in [1.54, 1.807) is 12.1 Å². The minimum absolute atomic E-state index is 0.162. The van der Waals surface area contributed by atoms with Crippen LogP contribution in [0.4, 0.5) is 0 Å². The van der Waals surface area contributed by atoms with Crippen molar-refractivity contribution in [3.63, 3.8) is 0 Å². The molecule has 0 radical (unpaired) electrons. The van der Waals surface area contributed by atoms with Gasteiger partial charge < -0.3 is 14.8 Å². The van der Waals surface area contributed by atoms with Gasteiger partial charge in [-0.25, -0.2) is 0 Å². The van der Waals surface area contributed by atoms with Crippen molar-refractivity contribution in [2.24, 2.45) is 0 Å². The first kappa shape index (κ1) is 11.7. The largest absolute Gasteiger partial charge is 0.489 e. The fourth-order valence-corrected chi connectivity index (χ4v) is 2.59. The SMILES string of the molecule is O=C1NCOc2cc(OC3CCCC3)c(Cl)cc21. The van der Waals surface area contributed by atoms with E-state index in [1.807, 2.05) is 0 Å². The van der Waals surface area contributed by atoms with Gasteiger partial charge in [0.15, 0.2) is 6.73 Å². The molecule has 1 saturated carbocycles. The van der Waals surface area contributed by atoms with Crippen LogP contribution in [0.15, 0.2) is 12.1 Å². The van der Waals surface area contributed by atoms with E-state index in [0.717, 1.165) is 12.8 Å². The van der Waals surface area contributed by atoms with Crippen LogP contribution in [-0.2, 0) is 0 Å². The van der Waals surface area contributed by atoms with E-state index in [2.05, 4.69) is 5.32 Å². The predicted molar refractivity (Wildman–Crippen MR) is 67.3 cm³/mol. The van der Waals surface area contributed by atoms with Crippen LogP contribution in [-0.4, -0.2) is 18.7 Å². The highest BCUT2D eigenvalue weighted by atomic mass is 35.5. The zero-order valence-corrected chi connectivity index (χ0v) is 10.6. The number of benzene rings is 1. The Morgan fingerprint density at radius 2 is 2.11 bits per heavy atom. The van der Waals surface area contributed by atoms with Crippen LogP contribution in [0.5, 0.6) is 11.5 Å². The molecule has 0 aromatic heterocycles. The highest BCUT2D eigenvalue weighted by molar-refractivity contribution is 6.32. The molecule has 3 rings (SSSR count). The van der Waals surface area contributed by atoms with Crippen molar-refractivity contribution in [1.82, 2.24) is 5.32 Å². The Morgan fingerprint density at radius 1 is 1.33 bits per heavy atom. The molecule has 1 aromatic rings. The third-order valence-corrected chi connectivity index (χ3v) is 3.63. The number of fused-ring (bicyclic) bond motifs is 1. The Labute approximate surface area is 110 Å². The van der Waals surface area contributed by atoms with Crippen molar-refractivity contribution in [3.05, 3.63) is 22.7 Å². The highest BCUT2D eigenvalue weighted by Crippen LogP contribution is 2.36. The summed E-state index contributed by atoms with van der Waals surface area (Å²) in [6.07, 6.45) is 4.76. The van der Waals surface area contributed by atoms with E-state index < -0.39 is 0 Å². The number of hydrogen-bond acceptors (Lipinski definition) is 3. The minimum atomic E-state index is -0.162. The highest BCUT2D eigenvalue weighted by Gasteiger charge is 2.23. The number of rotatable bonds is 2. The molecule has 0 unspecified atom stereocenters. The Morgan fingerprint density at radius 3 is 2.89 bits per heavy atom. The van der Waals surface area contributed by atoms with E-state index in [1.165, 1.54) is 12.8 Å². The predicted octanol–water partition coefficient (Wildman–Crippen LogP) is 2.74. The topological polar surface area (TPSA) is 47.6 Å². The van der Waals surface area contributed by atoms with Crippen LogP contribution in [0.25, 0.3) is 0 Å². The molecular weight excluding hydrogens is 254 g/mol. The lowest BCUT2D eigenvalue weighted by atomic mass is 10.1. The number of carbonyl (C=O) groups is 1. The number of carbonyl (C=O) groups excluding carboxylic acids is 1. The summed E-state index contributed by atoms with van der Waals surface area (Å²) in [6, 6.07) is 3.32. The molecule has 2 aliphatic rings. The first-order chi connectivity index (χ1) is 8.74. The Bertz CT molecular complexity index is 483. The van der Waals surface area contributed by atoms with Crippen molar-refractivity contribution in [3.8, 4) is 11.5 Å². The maximum atomic E-state index is 11.6. The van der Waals surface area contributed by atoms with Gasteiger partial charge in [-0.3, -0.25) is 4.79 Å². The molecule has 1 N–H and O–H groups in total. The fraction of sp³-hybridized carbons (Fsp3) is 0.462. The van der Waals surface area contributed by atoms with E-state index >= 15 is 0 Å². The molecule has 0 bridgehead atoms. The van der Waals surface area contributed by atoms with Gasteiger partial charge in [-0.1, -0.05) is 11.6 Å². The Kier molecular flexibility index (Phi) is 3.04. The van der Waals surface area contributed by atoms with E-state index in [0.29, 0.717) is 22.1 Å². The number of ether oxygens (including phenoxy) is 2. The molecule has 0 spiro atoms. The second-order valence-electron chi connectivity index (χ2n) is 4.60. The van der Waals surface area contributed by atoms with Crippen molar-refractivity contribution < 1.29 is 14.3 Å². The average molecular weight is 268 g/mol. The van der Waals surface area contributed by atoms with Gasteiger partial charge in [0.05, 0.1) is 16.7 Å². The first-order valence-electron chi connectivity index (χ1n) is 6.15. The molecule has 1 fully saturated rings. The van der Waals surface area contributed by atoms with E-state index in [9.17, 15) is 4.79 Å². The van der Waals surface area contributed by atoms with Crippen LogP contribution in [0.2, 0.25) is 5.02 Å². The summed E-state index contributed by atoms with van der Waals surface area (Å²) >= 11 is 6.14. The smallest absolute Gasteiger partial charge is 0.257 e. The van der Waals surface area contributed by atoms with Crippen LogP contribution in [0.3, 0.4) is 0 Å². The standard InChI is InChI=1S/C13H14ClNO3/c14-10-5-9-11(17-7-15-13(9)16)6-12(10)18-8-3-1-2-4-8/h5-6,8H,1-4,7H2,(H,15,16). The van der Waals surface area contributed by atoms with Crippen LogP contribution >= 0.6 is 11.6 Å². The Balaban J connectivity index is 1.88. The zero-order valence-electron chi connectivity index (χ0n) is 9.87. The van der Waals surface area contributed by atoms with Crippen LogP contribution < -0.4 is 14.8 Å². The fourth-order valence-electron chi connectivity index (χ4n) is 2.38. The molecule has 1 heterocycles. The molecule has 0 atom stereocenters. The number of halogens is 1. The monoisotopic (exact) mass is 267 g/mol. The summed E-state index contributed by atoms with van der Waals surface area (Å²) in [7, 11) is 0. The van der Waals surface area contributed by atoms with Crippen LogP contribution in [0, 0.1) is 0 Å². The lowest BCUT2D eigenvalue weighted by Gasteiger charge is -2.20. The number of amides is 1. The molecule has 1 aliphatic carbocycles. The maximum Gasteiger partial charge on any atom is 0.257 e. The molecular formula is C13H14ClNO3. The number of nitrogens with one attached hydrogen (secondary N) is 1. The molecule has 96 valence electrons. The van der Waals surface area contributed by atoms with Gasteiger partial charge in [0, 0.05) is 6.07 Å². The van der Waals surface area contributed by atoms with Crippen molar-refractivity contribution in [2.45, 2.75) is 31.8 Å². The van der Waals surface area contributed by atoms with Gasteiger partial charge >= 0.3 is 0 Å². The second-order valence-corrected chi connectivity index (χ2v) is 5.00. The van der Waals surface area contributed by atoms with Crippen molar-refractivity contribution in [2.75, 3.05) is 6.73 Å². The zero-order chi connectivity index (χ0) is 12.5. The molecule has 1 aliphatic heterocycles. The average Bonchev–Trinajstić information content (AvgIpc) is 2.84. The molecule has 5 heteroatoms. The van der Waals surface area contributed by atoms with Gasteiger partial charge in [-0.15, -0.1) is 0 Å². The summed E-state index contributed by atoms with van der Waals surface area (Å²) < 4.78 is 11.2. The first-order valence-corrected chi connectivity index (χ1v) is 6.53. The van der Waals surface area contributed by atoms with Gasteiger partial charge in [-0.05, 0) is 31.7 Å². The van der Waals surface area contributed by atoms with Gasteiger partial charge in [0.2, 0.25) is 0 Å². The molecule has 18 heavy (non-hydrogen) atoms. The molecule has 1 amide bonds. The summed E-state index contributed by atoms with van der Waals surface area (Å²) in [5.74, 6) is 0.985. The molecule has 1 aromatic carbocycles. The van der Waals surface area contributed by atoms with Gasteiger partial charge in [-0.2, -0.15) is 0 Å². The quantitative estimate of drug-likeness (QED) is 0.896. The Hall–Kier alpha value is -1.42. The molecule has 4 nitrogen and oxygen atoms in total. The third kappa shape index (κ3) is 2.12. The summed E-state index contributed by atoms with van der Waals surface area (Å²) in [4.78, 5) is 11.6. The number of hydrogen-bond donors (Lipinski definition) is 1. The van der Waals surface area contributed by atoms with Crippen LogP contribution in [0.1, 0.15) is 36.0 Å². The summed E-state index contributed by atoms with van der Waals surface area (Å²) in [5, 5.41) is 3.06. The van der Waals surface area contributed by atoms with E-state index in [4.69, 9.17) is 21.1 Å². The molecule has 0 saturated heterocycles. The second kappa shape index (κ2) is 4.69. The van der Waals surface area contributed by atoms with Gasteiger partial charge in [0.1, 0.15) is 11.5 Å². The third-order valence-electron chi connectivity index (χ3n) is 3.33. The maximum absolute atomic E-state index is 11.6. The summed E-state index contributed by atoms with van der Waals surface area (Å²) in [6.45, 7) is 0.191.